The molecule has 5 fully saturated rings. The highest BCUT2D eigenvalue weighted by molar-refractivity contribution is 5.95. The van der Waals surface area contributed by atoms with Crippen LogP contribution in [0.3, 0.4) is 0 Å². The van der Waals surface area contributed by atoms with Gasteiger partial charge in [0.05, 0.1) is 0 Å². The molecule has 0 unspecified atom stereocenters. The van der Waals surface area contributed by atoms with Crippen molar-refractivity contribution in [3.8, 4) is 33.4 Å². The van der Waals surface area contributed by atoms with E-state index in [2.05, 4.69) is 200 Å². The zero-order valence-corrected chi connectivity index (χ0v) is 53.7. The highest BCUT2D eigenvalue weighted by Gasteiger charge is 2.50. The number of hydrogen-bond acceptors (Lipinski definition) is 2. The lowest BCUT2D eigenvalue weighted by molar-refractivity contribution is 0.350. The molecule has 0 N–H and O–H groups in total. The van der Waals surface area contributed by atoms with Crippen molar-refractivity contribution in [3.63, 3.8) is 0 Å². The van der Waals surface area contributed by atoms with E-state index in [-0.39, 0.29) is 27.1 Å². The van der Waals surface area contributed by atoms with Crippen molar-refractivity contribution in [2.75, 3.05) is 9.80 Å². The fraction of sp³-hybridized carbons (Fsp3) is 0.364. The van der Waals surface area contributed by atoms with Gasteiger partial charge in [0.1, 0.15) is 0 Å². The number of hydrogen-bond donors (Lipinski definition) is 0. The van der Waals surface area contributed by atoms with Gasteiger partial charge in [-0.25, -0.2) is 0 Å². The highest BCUT2D eigenvalue weighted by atomic mass is 15.2. The van der Waals surface area contributed by atoms with Crippen molar-refractivity contribution in [1.82, 2.24) is 0 Å². The van der Waals surface area contributed by atoms with Crippen molar-refractivity contribution in [2.45, 2.75) is 201 Å². The van der Waals surface area contributed by atoms with Crippen LogP contribution in [0.4, 0.5) is 34.1 Å². The van der Waals surface area contributed by atoms with Gasteiger partial charge in [0.2, 0.25) is 0 Å². The standard InChI is InChI=1S/C88H88N2/c1-5-74-58(3)66-36-30-60(52-78(66)84(74)42-16-7-17-43-84)89(61-31-37-67-59(4)75(6-2)85(79(67)53-61)44-18-8-19-45-85)64-34-40-72-73-41-35-65(57-83(73)88(82(72)56-64)50-24-11-25-51-88)90(62-32-38-70-68-26-12-14-28-76(68)86(80(70)54-62)46-20-9-21-47-86)63-33-39-71-69-27-13-15-29-77(69)87(81(71)55-63)48-22-10-23-49-87/h5-6,12-15,26-41,52-57H,1,4,7-11,16-25,42-51H2,2-3H3/b75-6+. The third-order valence-corrected chi connectivity index (χ3v) is 25.9. The molecule has 0 atom stereocenters. The summed E-state index contributed by atoms with van der Waals surface area (Å²) in [6.45, 7) is 14.0. The van der Waals surface area contributed by atoms with E-state index >= 15 is 0 Å². The first-order valence-electron chi connectivity index (χ1n) is 35.6. The third kappa shape index (κ3) is 7.57. The summed E-state index contributed by atoms with van der Waals surface area (Å²) in [6.07, 6.45) is 35.8. The topological polar surface area (TPSA) is 6.48 Å². The Bertz CT molecular complexity index is 4270. The van der Waals surface area contributed by atoms with Crippen molar-refractivity contribution in [1.29, 1.82) is 0 Å². The summed E-state index contributed by atoms with van der Waals surface area (Å²) < 4.78 is 0. The lowest BCUT2D eigenvalue weighted by Gasteiger charge is -2.39. The zero-order chi connectivity index (χ0) is 60.1. The van der Waals surface area contributed by atoms with E-state index < -0.39 is 0 Å². The maximum Gasteiger partial charge on any atom is 0.0465 e. The van der Waals surface area contributed by atoms with Crippen LogP contribution < -0.4 is 9.80 Å². The molecule has 450 valence electrons. The molecule has 0 aromatic heterocycles. The number of anilines is 6. The molecule has 10 aliphatic carbocycles. The molecule has 2 heteroatoms. The fourth-order valence-electron chi connectivity index (χ4n) is 22.0. The Morgan fingerprint density at radius 2 is 0.589 bits per heavy atom. The van der Waals surface area contributed by atoms with Crippen LogP contribution in [0.5, 0.6) is 0 Å². The Kier molecular flexibility index (Phi) is 12.7. The first kappa shape index (κ1) is 55.2. The van der Waals surface area contributed by atoms with Gasteiger partial charge in [-0.3, -0.25) is 0 Å². The summed E-state index contributed by atoms with van der Waals surface area (Å²) in [4.78, 5) is 5.41. The molecular weight excluding hydrogens is 1080 g/mol. The van der Waals surface area contributed by atoms with Crippen LogP contribution in [0.15, 0.2) is 194 Å². The number of nitrogens with zero attached hydrogens (tertiary/aromatic N) is 2. The fourth-order valence-corrected chi connectivity index (χ4v) is 22.0. The molecule has 8 aromatic rings. The van der Waals surface area contributed by atoms with E-state index in [4.69, 9.17) is 6.58 Å². The van der Waals surface area contributed by atoms with Crippen LogP contribution in [-0.2, 0) is 27.1 Å². The molecule has 0 aliphatic heterocycles. The SMILES string of the molecule is C=CC1=C(C)c2ccc(N(c3ccc4c(c3)C3(CCCCC3)/C(=C/C)C4=C)c3ccc4c(c3)C3(CCCCC3)c3cc(N(c5ccc6c(c5)C5(CCCCC5)c5ccccc5-6)c5ccc6c(c5)C5(CCCCC5)c5ccccc5-6)ccc3-4)cc2C12CCCCC2. The largest absolute Gasteiger partial charge is 0.310 e. The molecule has 0 radical (unpaired) electrons. The minimum Gasteiger partial charge on any atom is -0.310 e. The van der Waals surface area contributed by atoms with Gasteiger partial charge in [0.15, 0.2) is 0 Å². The van der Waals surface area contributed by atoms with E-state index in [1.807, 2.05) is 0 Å². The van der Waals surface area contributed by atoms with Gasteiger partial charge in [0.25, 0.3) is 0 Å². The number of allylic oxidation sites excluding steroid dienone is 6. The first-order valence-corrected chi connectivity index (χ1v) is 35.6. The molecule has 8 aromatic carbocycles. The third-order valence-electron chi connectivity index (χ3n) is 25.9. The molecule has 5 spiro atoms. The summed E-state index contributed by atoms with van der Waals surface area (Å²) in [6, 6.07) is 64.9. The average molecular weight is 1170 g/mol. The summed E-state index contributed by atoms with van der Waals surface area (Å²) in [5, 5.41) is 0. The monoisotopic (exact) mass is 1170 g/mol. The molecule has 0 saturated heterocycles. The molecule has 2 nitrogen and oxygen atoms in total. The van der Waals surface area contributed by atoms with Crippen LogP contribution in [-0.4, -0.2) is 0 Å². The van der Waals surface area contributed by atoms with Crippen LogP contribution in [0.25, 0.3) is 44.5 Å². The lowest BCUT2D eigenvalue weighted by Crippen LogP contribution is -2.29. The average Bonchev–Trinajstić information content (AvgIpc) is 1.58. The molecule has 0 bridgehead atoms. The van der Waals surface area contributed by atoms with Gasteiger partial charge < -0.3 is 9.80 Å². The van der Waals surface area contributed by atoms with Crippen molar-refractivity contribution < 1.29 is 0 Å². The maximum absolute atomic E-state index is 4.84. The molecule has 10 aliphatic rings. The van der Waals surface area contributed by atoms with Gasteiger partial charge in [-0.15, -0.1) is 0 Å². The summed E-state index contributed by atoms with van der Waals surface area (Å²) in [5.74, 6) is 0. The highest BCUT2D eigenvalue weighted by Crippen LogP contribution is 2.64. The van der Waals surface area contributed by atoms with Gasteiger partial charge in [0, 0.05) is 61.2 Å². The lowest BCUT2D eigenvalue weighted by atomic mass is 9.67. The van der Waals surface area contributed by atoms with E-state index in [1.165, 1.54) is 271 Å². The second-order valence-electron chi connectivity index (χ2n) is 29.8. The Morgan fingerprint density at radius 1 is 0.311 bits per heavy atom. The van der Waals surface area contributed by atoms with Gasteiger partial charge in [-0.05, 0) is 262 Å². The molecule has 5 saturated carbocycles. The van der Waals surface area contributed by atoms with Crippen molar-refractivity contribution in [2.24, 2.45) is 0 Å². The summed E-state index contributed by atoms with van der Waals surface area (Å²) in [5.41, 5.74) is 37.0. The van der Waals surface area contributed by atoms with Gasteiger partial charge in [-0.1, -0.05) is 207 Å². The smallest absolute Gasteiger partial charge is 0.0465 e. The van der Waals surface area contributed by atoms with E-state index in [9.17, 15) is 0 Å². The molecular formula is C88H88N2. The predicted molar refractivity (Wildman–Crippen MR) is 379 cm³/mol. The Labute approximate surface area is 536 Å². The quantitative estimate of drug-likeness (QED) is 0.157. The maximum atomic E-state index is 4.84. The Morgan fingerprint density at radius 3 is 0.944 bits per heavy atom. The van der Waals surface area contributed by atoms with Crippen LogP contribution >= 0.6 is 0 Å². The van der Waals surface area contributed by atoms with E-state index in [0.29, 0.717) is 0 Å². The molecule has 90 heavy (non-hydrogen) atoms. The zero-order valence-electron chi connectivity index (χ0n) is 53.7. The number of fused-ring (bicyclic) bond motifs is 19. The minimum atomic E-state index is -0.115. The Balaban J connectivity index is 0.813. The van der Waals surface area contributed by atoms with Crippen LogP contribution in [0.1, 0.15) is 230 Å². The molecule has 18 rings (SSSR count). The normalized spacial score (nSPS) is 21.5. The number of benzene rings is 8. The minimum absolute atomic E-state index is 0.0191. The van der Waals surface area contributed by atoms with Gasteiger partial charge >= 0.3 is 0 Å². The van der Waals surface area contributed by atoms with Crippen LogP contribution in [0, 0.1) is 0 Å². The second-order valence-corrected chi connectivity index (χ2v) is 29.8. The molecule has 0 amide bonds. The number of rotatable bonds is 7. The molecule has 0 heterocycles. The summed E-state index contributed by atoms with van der Waals surface area (Å²) >= 11 is 0. The van der Waals surface area contributed by atoms with Crippen molar-refractivity contribution >= 4 is 45.3 Å². The van der Waals surface area contributed by atoms with E-state index in [0.717, 1.165) is 12.8 Å². The van der Waals surface area contributed by atoms with Crippen molar-refractivity contribution in [3.05, 3.63) is 250 Å². The van der Waals surface area contributed by atoms with Crippen LogP contribution in [0.2, 0.25) is 0 Å². The Hall–Kier alpha value is -7.68. The predicted octanol–water partition coefficient (Wildman–Crippen LogP) is 24.7. The van der Waals surface area contributed by atoms with E-state index in [1.54, 1.807) is 22.3 Å². The summed E-state index contributed by atoms with van der Waals surface area (Å²) in [7, 11) is 0. The van der Waals surface area contributed by atoms with Gasteiger partial charge in [-0.2, -0.15) is 0 Å². The first-order chi connectivity index (χ1) is 44.2. The second kappa shape index (κ2) is 20.7.